The topological polar surface area (TPSA) is 60.3 Å². The standard InChI is InChI=1S/C12H17ClN2O3/c1-15-6-4-9(7-11(15)16)12(17)14-5-3-10(13)8-18-2/h4,6-7,10H,3,5,8H2,1-2H3,(H,14,17). The molecule has 0 radical (unpaired) electrons. The Labute approximate surface area is 111 Å². The van der Waals surface area contributed by atoms with Crippen LogP contribution in [0.15, 0.2) is 23.1 Å². The summed E-state index contributed by atoms with van der Waals surface area (Å²) in [4.78, 5) is 23.1. The molecular formula is C12H17ClN2O3. The molecule has 1 amide bonds. The first-order valence-corrected chi connectivity index (χ1v) is 6.06. The molecule has 0 saturated heterocycles. The van der Waals surface area contributed by atoms with Crippen LogP contribution in [0.1, 0.15) is 16.8 Å². The van der Waals surface area contributed by atoms with Gasteiger partial charge >= 0.3 is 0 Å². The molecule has 0 aromatic carbocycles. The molecule has 5 nitrogen and oxygen atoms in total. The number of methoxy groups -OCH3 is 1. The number of alkyl halides is 1. The zero-order valence-corrected chi connectivity index (χ0v) is 11.2. The van der Waals surface area contributed by atoms with Crippen LogP contribution in [-0.2, 0) is 11.8 Å². The molecule has 0 saturated carbocycles. The highest BCUT2D eigenvalue weighted by Gasteiger charge is 2.08. The lowest BCUT2D eigenvalue weighted by Crippen LogP contribution is -2.28. The Kier molecular flexibility index (Phi) is 5.88. The van der Waals surface area contributed by atoms with E-state index in [0.717, 1.165) is 0 Å². The van der Waals surface area contributed by atoms with Crippen LogP contribution in [0.5, 0.6) is 0 Å². The van der Waals surface area contributed by atoms with Gasteiger partial charge in [0.15, 0.2) is 0 Å². The molecule has 0 fully saturated rings. The third-order valence-corrected chi connectivity index (χ3v) is 2.80. The number of hydrogen-bond donors (Lipinski definition) is 1. The number of nitrogens with one attached hydrogen (secondary N) is 1. The van der Waals surface area contributed by atoms with E-state index in [2.05, 4.69) is 5.32 Å². The molecule has 0 spiro atoms. The monoisotopic (exact) mass is 272 g/mol. The Hall–Kier alpha value is -1.33. The van der Waals surface area contributed by atoms with E-state index < -0.39 is 0 Å². The second kappa shape index (κ2) is 7.18. The fraction of sp³-hybridized carbons (Fsp3) is 0.500. The van der Waals surface area contributed by atoms with Crippen molar-refractivity contribution in [3.05, 3.63) is 34.2 Å². The van der Waals surface area contributed by atoms with E-state index in [9.17, 15) is 9.59 Å². The third-order valence-electron chi connectivity index (χ3n) is 2.46. The Morgan fingerprint density at radius 3 is 2.94 bits per heavy atom. The zero-order chi connectivity index (χ0) is 13.5. The number of carbonyl (C=O) groups excluding carboxylic acids is 1. The molecule has 1 aromatic rings. The Balaban J connectivity index is 2.45. The minimum Gasteiger partial charge on any atom is -0.383 e. The van der Waals surface area contributed by atoms with Crippen molar-refractivity contribution in [3.8, 4) is 0 Å². The summed E-state index contributed by atoms with van der Waals surface area (Å²) in [5.74, 6) is -0.269. The van der Waals surface area contributed by atoms with Gasteiger partial charge in [-0.2, -0.15) is 0 Å². The molecular weight excluding hydrogens is 256 g/mol. The normalized spacial score (nSPS) is 12.2. The van der Waals surface area contributed by atoms with Crippen molar-refractivity contribution >= 4 is 17.5 Å². The molecule has 0 aliphatic rings. The summed E-state index contributed by atoms with van der Waals surface area (Å²) in [7, 11) is 3.21. The predicted octanol–water partition coefficient (Wildman–Crippen LogP) is 0.759. The summed E-state index contributed by atoms with van der Waals surface area (Å²) in [5, 5.41) is 2.58. The summed E-state index contributed by atoms with van der Waals surface area (Å²) in [6.45, 7) is 0.898. The number of aryl methyl sites for hydroxylation is 1. The van der Waals surface area contributed by atoms with Gasteiger partial charge in [-0.3, -0.25) is 9.59 Å². The van der Waals surface area contributed by atoms with Gasteiger partial charge in [0.2, 0.25) is 0 Å². The van der Waals surface area contributed by atoms with Crippen LogP contribution in [-0.4, -0.2) is 36.1 Å². The molecule has 1 rings (SSSR count). The molecule has 1 aromatic heterocycles. The predicted molar refractivity (Wildman–Crippen MR) is 70.2 cm³/mol. The maximum Gasteiger partial charge on any atom is 0.251 e. The molecule has 0 aliphatic carbocycles. The quantitative estimate of drug-likeness (QED) is 0.778. The largest absolute Gasteiger partial charge is 0.383 e. The first kappa shape index (κ1) is 14.7. The average Bonchev–Trinajstić information content (AvgIpc) is 2.33. The number of amides is 1. The molecule has 1 heterocycles. The summed E-state index contributed by atoms with van der Waals surface area (Å²) < 4.78 is 6.29. The summed E-state index contributed by atoms with van der Waals surface area (Å²) >= 11 is 5.93. The zero-order valence-electron chi connectivity index (χ0n) is 10.5. The lowest BCUT2D eigenvalue weighted by Gasteiger charge is -2.09. The number of carbonyl (C=O) groups is 1. The number of rotatable bonds is 6. The molecule has 1 atom stereocenters. The van der Waals surface area contributed by atoms with Crippen LogP contribution in [0.3, 0.4) is 0 Å². The second-order valence-electron chi connectivity index (χ2n) is 3.96. The Bertz CT molecular complexity index is 459. The van der Waals surface area contributed by atoms with E-state index in [0.29, 0.717) is 25.1 Å². The molecule has 0 bridgehead atoms. The third kappa shape index (κ3) is 4.50. The lowest BCUT2D eigenvalue weighted by molar-refractivity contribution is 0.0951. The SMILES string of the molecule is COCC(Cl)CCNC(=O)c1ccn(C)c(=O)c1. The number of ether oxygens (including phenoxy) is 1. The van der Waals surface area contributed by atoms with Crippen LogP contribution in [0.2, 0.25) is 0 Å². The lowest BCUT2D eigenvalue weighted by atomic mass is 10.2. The summed E-state index contributed by atoms with van der Waals surface area (Å²) in [6, 6.07) is 2.91. The van der Waals surface area contributed by atoms with E-state index in [4.69, 9.17) is 16.3 Å². The van der Waals surface area contributed by atoms with Crippen LogP contribution >= 0.6 is 11.6 Å². The minimum atomic E-state index is -0.269. The Morgan fingerprint density at radius 1 is 1.61 bits per heavy atom. The van der Waals surface area contributed by atoms with Gasteiger partial charge in [0.05, 0.1) is 12.0 Å². The number of pyridine rings is 1. The van der Waals surface area contributed by atoms with Crippen molar-refractivity contribution in [1.82, 2.24) is 9.88 Å². The maximum absolute atomic E-state index is 11.7. The molecule has 1 unspecified atom stereocenters. The highest BCUT2D eigenvalue weighted by Crippen LogP contribution is 2.01. The Morgan fingerprint density at radius 2 is 2.33 bits per heavy atom. The molecule has 6 heteroatoms. The summed E-state index contributed by atoms with van der Waals surface area (Å²) in [5.41, 5.74) is 0.146. The van der Waals surface area contributed by atoms with E-state index in [1.165, 1.54) is 10.6 Å². The van der Waals surface area contributed by atoms with Gasteiger partial charge in [-0.1, -0.05) is 0 Å². The summed E-state index contributed by atoms with van der Waals surface area (Å²) in [6.07, 6.45) is 2.18. The van der Waals surface area contributed by atoms with Crippen LogP contribution in [0.4, 0.5) is 0 Å². The van der Waals surface area contributed by atoms with Crippen LogP contribution in [0.25, 0.3) is 0 Å². The first-order chi connectivity index (χ1) is 8.54. The van der Waals surface area contributed by atoms with E-state index >= 15 is 0 Å². The van der Waals surface area contributed by atoms with Crippen molar-refractivity contribution in [2.75, 3.05) is 20.3 Å². The van der Waals surface area contributed by atoms with Crippen molar-refractivity contribution in [2.45, 2.75) is 11.8 Å². The van der Waals surface area contributed by atoms with E-state index in [-0.39, 0.29) is 16.8 Å². The molecule has 0 aliphatic heterocycles. The maximum atomic E-state index is 11.7. The highest BCUT2D eigenvalue weighted by molar-refractivity contribution is 6.20. The highest BCUT2D eigenvalue weighted by atomic mass is 35.5. The number of halogens is 1. The van der Waals surface area contributed by atoms with Gasteiger partial charge < -0.3 is 14.6 Å². The van der Waals surface area contributed by atoms with Crippen LogP contribution < -0.4 is 10.9 Å². The number of aromatic nitrogens is 1. The van der Waals surface area contributed by atoms with Gasteiger partial charge in [0.25, 0.3) is 11.5 Å². The van der Waals surface area contributed by atoms with Crippen molar-refractivity contribution in [1.29, 1.82) is 0 Å². The van der Waals surface area contributed by atoms with Gasteiger partial charge in [-0.05, 0) is 12.5 Å². The minimum absolute atomic E-state index is 0.126. The van der Waals surface area contributed by atoms with Crippen molar-refractivity contribution < 1.29 is 9.53 Å². The van der Waals surface area contributed by atoms with E-state index in [1.807, 2.05) is 0 Å². The first-order valence-electron chi connectivity index (χ1n) is 5.62. The average molecular weight is 273 g/mol. The molecule has 1 N–H and O–H groups in total. The second-order valence-corrected chi connectivity index (χ2v) is 4.58. The fourth-order valence-electron chi connectivity index (χ4n) is 1.40. The smallest absolute Gasteiger partial charge is 0.251 e. The van der Waals surface area contributed by atoms with Gasteiger partial charge in [-0.15, -0.1) is 11.6 Å². The van der Waals surface area contributed by atoms with Crippen molar-refractivity contribution in [2.24, 2.45) is 7.05 Å². The van der Waals surface area contributed by atoms with Gasteiger partial charge in [0.1, 0.15) is 0 Å². The van der Waals surface area contributed by atoms with Gasteiger partial charge in [0, 0.05) is 38.5 Å². The van der Waals surface area contributed by atoms with Crippen LogP contribution in [0, 0.1) is 0 Å². The number of hydrogen-bond acceptors (Lipinski definition) is 3. The molecule has 100 valence electrons. The van der Waals surface area contributed by atoms with E-state index in [1.54, 1.807) is 26.4 Å². The number of nitrogens with zero attached hydrogens (tertiary/aromatic N) is 1. The van der Waals surface area contributed by atoms with Gasteiger partial charge in [-0.25, -0.2) is 0 Å². The van der Waals surface area contributed by atoms with Crippen molar-refractivity contribution in [3.63, 3.8) is 0 Å². The molecule has 18 heavy (non-hydrogen) atoms. The fourth-order valence-corrected chi connectivity index (χ4v) is 1.63.